The van der Waals surface area contributed by atoms with E-state index in [0.29, 0.717) is 28.1 Å². The Morgan fingerprint density at radius 3 is 2.32 bits per heavy atom. The highest BCUT2D eigenvalue weighted by molar-refractivity contribution is 6.34. The summed E-state index contributed by atoms with van der Waals surface area (Å²) in [5.74, 6) is 0.522. The molecule has 0 amide bonds. The third-order valence-corrected chi connectivity index (χ3v) is 3.70. The molecule has 0 fully saturated rings. The van der Waals surface area contributed by atoms with Gasteiger partial charge < -0.3 is 9.47 Å². The molecule has 3 aromatic rings. The van der Waals surface area contributed by atoms with Gasteiger partial charge in [0.2, 0.25) is 0 Å². The van der Waals surface area contributed by atoms with Crippen LogP contribution in [0.25, 0.3) is 21.9 Å². The van der Waals surface area contributed by atoms with Gasteiger partial charge in [-0.1, -0.05) is 47.9 Å². The van der Waals surface area contributed by atoms with Gasteiger partial charge in [-0.25, -0.2) is 4.39 Å². The molecule has 0 N–H and O–H groups in total. The van der Waals surface area contributed by atoms with E-state index in [0.717, 1.165) is 10.8 Å². The van der Waals surface area contributed by atoms with E-state index in [9.17, 15) is 4.39 Å². The fourth-order valence-electron chi connectivity index (χ4n) is 2.71. The molecule has 0 aliphatic rings. The van der Waals surface area contributed by atoms with Gasteiger partial charge in [0, 0.05) is 11.1 Å². The van der Waals surface area contributed by atoms with Crippen LogP contribution in [0.5, 0.6) is 11.5 Å². The van der Waals surface area contributed by atoms with E-state index < -0.39 is 0 Å². The molecule has 2 nitrogen and oxygen atoms in total. The third kappa shape index (κ3) is 2.21. The molecule has 0 unspecified atom stereocenters. The number of halogens is 1. The lowest BCUT2D eigenvalue weighted by molar-refractivity contribution is 0.358. The minimum atomic E-state index is -0.316. The molecule has 108 valence electrons. The highest BCUT2D eigenvalue weighted by Crippen LogP contribution is 2.40. The molecule has 0 saturated heterocycles. The number of hydrogen-bond donors (Lipinski definition) is 0. The Bertz CT molecular complexity index is 846. The number of benzene rings is 3. The minimum absolute atomic E-state index is 0.316. The summed E-state index contributed by atoms with van der Waals surface area (Å²) in [6, 6.07) is 14.3. The average Bonchev–Trinajstić information content (AvgIpc) is 2.55. The highest BCUT2D eigenvalue weighted by atomic mass is 19.1. The molecule has 0 spiro atoms. The Labute approximate surface area is 129 Å². The Kier molecular flexibility index (Phi) is 3.76. The summed E-state index contributed by atoms with van der Waals surface area (Å²) in [5.41, 5.74) is 1.54. The predicted octanol–water partition coefficient (Wildman–Crippen LogP) is 3.46. The Hall–Kier alpha value is -2.49. The Morgan fingerprint density at radius 1 is 0.864 bits per heavy atom. The molecule has 2 radical (unpaired) electrons. The fourth-order valence-corrected chi connectivity index (χ4v) is 2.71. The molecule has 0 atom stereocenters. The van der Waals surface area contributed by atoms with Gasteiger partial charge in [-0.2, -0.15) is 0 Å². The SMILES string of the molecule is [B]c1ccc(-c2c(F)ccc3ccccc23)c(OC)c1OC. The smallest absolute Gasteiger partial charge is 0.168 e. The lowest BCUT2D eigenvalue weighted by Crippen LogP contribution is -2.09. The summed E-state index contributed by atoms with van der Waals surface area (Å²) in [7, 11) is 8.94. The average molecular weight is 292 g/mol. The van der Waals surface area contributed by atoms with E-state index in [1.165, 1.54) is 20.3 Å². The topological polar surface area (TPSA) is 18.5 Å². The number of fused-ring (bicyclic) bond motifs is 1. The van der Waals surface area contributed by atoms with Gasteiger partial charge in [-0.05, 0) is 16.8 Å². The van der Waals surface area contributed by atoms with Crippen molar-refractivity contribution < 1.29 is 13.9 Å². The van der Waals surface area contributed by atoms with Crippen LogP contribution in [0.3, 0.4) is 0 Å². The lowest BCUT2D eigenvalue weighted by Gasteiger charge is -2.17. The van der Waals surface area contributed by atoms with E-state index in [1.807, 2.05) is 24.3 Å². The first-order valence-corrected chi connectivity index (χ1v) is 6.85. The van der Waals surface area contributed by atoms with Crippen LogP contribution >= 0.6 is 0 Å². The molecule has 0 bridgehead atoms. The van der Waals surface area contributed by atoms with E-state index in [-0.39, 0.29) is 5.82 Å². The van der Waals surface area contributed by atoms with Crippen molar-refractivity contribution in [2.75, 3.05) is 14.2 Å². The van der Waals surface area contributed by atoms with Gasteiger partial charge in [0.25, 0.3) is 0 Å². The Balaban J connectivity index is 2.40. The molecule has 0 heterocycles. The zero-order chi connectivity index (χ0) is 15.7. The summed E-state index contributed by atoms with van der Waals surface area (Å²) in [6.07, 6.45) is 0. The molecule has 3 aromatic carbocycles. The van der Waals surface area contributed by atoms with Gasteiger partial charge in [0.15, 0.2) is 11.5 Å². The van der Waals surface area contributed by atoms with Crippen molar-refractivity contribution in [3.63, 3.8) is 0 Å². The normalized spacial score (nSPS) is 10.7. The van der Waals surface area contributed by atoms with Crippen LogP contribution in [-0.4, -0.2) is 22.1 Å². The second-order valence-corrected chi connectivity index (χ2v) is 4.91. The van der Waals surface area contributed by atoms with E-state index in [2.05, 4.69) is 0 Å². The quantitative estimate of drug-likeness (QED) is 0.688. The Morgan fingerprint density at radius 2 is 1.59 bits per heavy atom. The van der Waals surface area contributed by atoms with Gasteiger partial charge in [-0.15, -0.1) is 0 Å². The second kappa shape index (κ2) is 5.72. The molecule has 0 aliphatic heterocycles. The summed E-state index contributed by atoms with van der Waals surface area (Å²) < 4.78 is 25.3. The van der Waals surface area contributed by atoms with Crippen LogP contribution in [0.15, 0.2) is 48.5 Å². The summed E-state index contributed by atoms with van der Waals surface area (Å²) in [4.78, 5) is 0. The van der Waals surface area contributed by atoms with Gasteiger partial charge >= 0.3 is 0 Å². The summed E-state index contributed by atoms with van der Waals surface area (Å²) >= 11 is 0. The van der Waals surface area contributed by atoms with Crippen LogP contribution < -0.4 is 14.9 Å². The van der Waals surface area contributed by atoms with Crippen LogP contribution in [-0.2, 0) is 0 Å². The summed E-state index contributed by atoms with van der Waals surface area (Å²) in [6.45, 7) is 0. The molecular formula is C18H14BFO2. The zero-order valence-corrected chi connectivity index (χ0v) is 12.4. The van der Waals surface area contributed by atoms with Crippen molar-refractivity contribution in [1.29, 1.82) is 0 Å². The zero-order valence-electron chi connectivity index (χ0n) is 12.4. The van der Waals surface area contributed by atoms with Crippen LogP contribution in [0.4, 0.5) is 4.39 Å². The number of rotatable bonds is 3. The minimum Gasteiger partial charge on any atom is -0.493 e. The monoisotopic (exact) mass is 292 g/mol. The first kappa shape index (κ1) is 14.5. The van der Waals surface area contributed by atoms with Crippen LogP contribution in [0.1, 0.15) is 0 Å². The largest absolute Gasteiger partial charge is 0.493 e. The molecule has 22 heavy (non-hydrogen) atoms. The number of hydrogen-bond acceptors (Lipinski definition) is 2. The van der Waals surface area contributed by atoms with Crippen molar-refractivity contribution in [3.05, 3.63) is 54.3 Å². The molecule has 0 saturated carbocycles. The fraction of sp³-hybridized carbons (Fsp3) is 0.111. The van der Waals surface area contributed by atoms with Gasteiger partial charge in [0.05, 0.1) is 14.2 Å². The van der Waals surface area contributed by atoms with Crippen molar-refractivity contribution in [3.8, 4) is 22.6 Å². The van der Waals surface area contributed by atoms with Crippen molar-refractivity contribution in [2.24, 2.45) is 0 Å². The molecule has 0 aliphatic carbocycles. The van der Waals surface area contributed by atoms with E-state index >= 15 is 0 Å². The lowest BCUT2D eigenvalue weighted by atomic mass is 9.89. The maximum atomic E-state index is 14.5. The first-order valence-electron chi connectivity index (χ1n) is 6.85. The maximum absolute atomic E-state index is 14.5. The van der Waals surface area contributed by atoms with Gasteiger partial charge in [0.1, 0.15) is 13.7 Å². The van der Waals surface area contributed by atoms with E-state index in [1.54, 1.807) is 18.2 Å². The van der Waals surface area contributed by atoms with Crippen LogP contribution in [0.2, 0.25) is 0 Å². The highest BCUT2D eigenvalue weighted by Gasteiger charge is 2.18. The third-order valence-electron chi connectivity index (χ3n) is 3.70. The summed E-state index contributed by atoms with van der Waals surface area (Å²) in [5, 5.41) is 1.77. The van der Waals surface area contributed by atoms with Crippen molar-refractivity contribution >= 4 is 24.1 Å². The number of methoxy groups -OCH3 is 2. The number of ether oxygens (including phenoxy) is 2. The molecule has 0 aromatic heterocycles. The molecule has 4 heteroatoms. The maximum Gasteiger partial charge on any atom is 0.168 e. The van der Waals surface area contributed by atoms with Gasteiger partial charge in [-0.3, -0.25) is 0 Å². The van der Waals surface area contributed by atoms with Crippen LogP contribution in [0, 0.1) is 5.82 Å². The molecular weight excluding hydrogens is 278 g/mol. The van der Waals surface area contributed by atoms with Crippen molar-refractivity contribution in [2.45, 2.75) is 0 Å². The van der Waals surface area contributed by atoms with Crippen molar-refractivity contribution in [1.82, 2.24) is 0 Å². The molecule has 3 rings (SSSR count). The van der Waals surface area contributed by atoms with E-state index in [4.69, 9.17) is 17.3 Å². The standard InChI is InChI=1S/C18H14BFO2/c1-21-17-13(8-9-14(19)18(17)22-2)16-12-6-4-3-5-11(12)7-10-15(16)20/h3-10H,1-2H3. The second-order valence-electron chi connectivity index (χ2n) is 4.91. The first-order chi connectivity index (χ1) is 10.7. The predicted molar refractivity (Wildman–Crippen MR) is 87.8 cm³/mol.